The highest BCUT2D eigenvalue weighted by Gasteiger charge is 2.02. The lowest BCUT2D eigenvalue weighted by Crippen LogP contribution is -2.35. The van der Waals surface area contributed by atoms with E-state index in [1.807, 2.05) is 11.6 Å². The van der Waals surface area contributed by atoms with Crippen LogP contribution in [-0.4, -0.2) is 29.7 Å². The number of aromatic nitrogens is 1. The lowest BCUT2D eigenvalue weighted by Gasteiger charge is -2.06. The normalized spacial score (nSPS) is 11.0. The van der Waals surface area contributed by atoms with Gasteiger partial charge in [0.05, 0.1) is 10.2 Å². The summed E-state index contributed by atoms with van der Waals surface area (Å²) in [5.74, 6) is 2.31. The van der Waals surface area contributed by atoms with Gasteiger partial charge in [0.2, 0.25) is 5.96 Å². The molecule has 0 fully saturated rings. The summed E-state index contributed by atoms with van der Waals surface area (Å²) < 4.78 is 5.34. The molecule has 1 heterocycles. The standard InChI is InChI=1S/C9H12BrN5S2/c1-12-9(14-6-11)13-2-3-16-5-8-7(10)4-17-15-8/h4H,2-3,5H2,1H3,(H2,12,13,14). The van der Waals surface area contributed by atoms with Crippen LogP contribution in [0.2, 0.25) is 0 Å². The van der Waals surface area contributed by atoms with Gasteiger partial charge in [-0.25, -0.2) is 0 Å². The van der Waals surface area contributed by atoms with Crippen LogP contribution < -0.4 is 10.6 Å². The molecular weight excluding hydrogens is 322 g/mol. The Kier molecular flexibility index (Phi) is 7.00. The second kappa shape index (κ2) is 8.33. The molecule has 92 valence electrons. The van der Waals surface area contributed by atoms with E-state index in [1.54, 1.807) is 18.8 Å². The number of nitrogens with zero attached hydrogens (tertiary/aromatic N) is 3. The molecule has 0 aliphatic heterocycles. The molecule has 1 aromatic rings. The van der Waals surface area contributed by atoms with Crippen molar-refractivity contribution in [3.05, 3.63) is 15.5 Å². The smallest absolute Gasteiger partial charge is 0.204 e. The first-order valence-electron chi connectivity index (χ1n) is 4.80. The third-order valence-electron chi connectivity index (χ3n) is 1.77. The number of hydrogen-bond donors (Lipinski definition) is 2. The van der Waals surface area contributed by atoms with E-state index < -0.39 is 0 Å². The van der Waals surface area contributed by atoms with Crippen LogP contribution in [0.4, 0.5) is 0 Å². The monoisotopic (exact) mass is 333 g/mol. The third kappa shape index (κ3) is 5.39. The molecule has 0 aliphatic rings. The van der Waals surface area contributed by atoms with Crippen molar-refractivity contribution in [3.8, 4) is 6.19 Å². The van der Waals surface area contributed by atoms with Gasteiger partial charge in [0, 0.05) is 30.5 Å². The number of aliphatic imine (C=N–C) groups is 1. The number of thioether (sulfide) groups is 1. The van der Waals surface area contributed by atoms with Crippen LogP contribution >= 0.6 is 39.2 Å². The largest absolute Gasteiger partial charge is 0.355 e. The van der Waals surface area contributed by atoms with Crippen molar-refractivity contribution in [2.24, 2.45) is 4.99 Å². The van der Waals surface area contributed by atoms with Crippen LogP contribution in [0.3, 0.4) is 0 Å². The van der Waals surface area contributed by atoms with E-state index in [-0.39, 0.29) is 0 Å². The zero-order valence-corrected chi connectivity index (χ0v) is 12.5. The van der Waals surface area contributed by atoms with Gasteiger partial charge < -0.3 is 5.32 Å². The highest BCUT2D eigenvalue weighted by molar-refractivity contribution is 9.10. The summed E-state index contributed by atoms with van der Waals surface area (Å²) in [6, 6.07) is 0. The fraction of sp³-hybridized carbons (Fsp3) is 0.444. The van der Waals surface area contributed by atoms with Crippen molar-refractivity contribution in [3.63, 3.8) is 0 Å². The van der Waals surface area contributed by atoms with E-state index in [1.165, 1.54) is 11.5 Å². The Balaban J connectivity index is 2.13. The highest BCUT2D eigenvalue weighted by atomic mass is 79.9. The maximum absolute atomic E-state index is 8.43. The molecule has 8 heteroatoms. The molecule has 0 saturated heterocycles. The van der Waals surface area contributed by atoms with Gasteiger partial charge in [0.25, 0.3) is 0 Å². The zero-order chi connectivity index (χ0) is 12.5. The Morgan fingerprint density at radius 1 is 1.76 bits per heavy atom. The molecule has 0 amide bonds. The van der Waals surface area contributed by atoms with E-state index in [9.17, 15) is 0 Å². The number of hydrogen-bond acceptors (Lipinski definition) is 5. The van der Waals surface area contributed by atoms with E-state index in [2.05, 4.69) is 35.9 Å². The third-order valence-corrected chi connectivity index (χ3v) is 4.40. The van der Waals surface area contributed by atoms with Gasteiger partial charge in [0.1, 0.15) is 0 Å². The van der Waals surface area contributed by atoms with Crippen molar-refractivity contribution in [1.82, 2.24) is 15.0 Å². The van der Waals surface area contributed by atoms with Crippen LogP contribution in [0, 0.1) is 11.5 Å². The van der Waals surface area contributed by atoms with Crippen LogP contribution in [0.5, 0.6) is 0 Å². The summed E-state index contributed by atoms with van der Waals surface area (Å²) in [7, 11) is 1.63. The fourth-order valence-corrected chi connectivity index (χ4v) is 3.23. The molecule has 5 nitrogen and oxygen atoms in total. The molecule has 2 N–H and O–H groups in total. The molecular formula is C9H12BrN5S2. The Morgan fingerprint density at radius 3 is 3.18 bits per heavy atom. The average Bonchev–Trinajstić information content (AvgIpc) is 2.73. The molecule has 0 radical (unpaired) electrons. The highest BCUT2D eigenvalue weighted by Crippen LogP contribution is 2.21. The summed E-state index contributed by atoms with van der Waals surface area (Å²) >= 11 is 6.68. The van der Waals surface area contributed by atoms with Gasteiger partial charge in [-0.05, 0) is 27.5 Å². The van der Waals surface area contributed by atoms with Gasteiger partial charge >= 0.3 is 0 Å². The Labute approximate surface area is 117 Å². The van der Waals surface area contributed by atoms with Gasteiger partial charge in [-0.2, -0.15) is 21.4 Å². The predicted octanol–water partition coefficient (Wildman–Crippen LogP) is 1.78. The van der Waals surface area contributed by atoms with Crippen LogP contribution in [0.25, 0.3) is 0 Å². The Hall–Kier alpha value is -0.780. The zero-order valence-electron chi connectivity index (χ0n) is 9.23. The van der Waals surface area contributed by atoms with E-state index in [4.69, 9.17) is 5.26 Å². The summed E-state index contributed by atoms with van der Waals surface area (Å²) in [6.45, 7) is 0.758. The van der Waals surface area contributed by atoms with Crippen LogP contribution in [-0.2, 0) is 5.75 Å². The minimum atomic E-state index is 0.503. The van der Waals surface area contributed by atoms with E-state index >= 15 is 0 Å². The average molecular weight is 334 g/mol. The van der Waals surface area contributed by atoms with Crippen molar-refractivity contribution in [2.75, 3.05) is 19.3 Å². The SMILES string of the molecule is CN=C(NC#N)NCCSCc1nscc1Br. The number of nitriles is 1. The molecule has 0 spiro atoms. The van der Waals surface area contributed by atoms with Crippen molar-refractivity contribution in [1.29, 1.82) is 5.26 Å². The lowest BCUT2D eigenvalue weighted by atomic mass is 10.5. The van der Waals surface area contributed by atoms with Gasteiger partial charge in [0.15, 0.2) is 6.19 Å². The lowest BCUT2D eigenvalue weighted by molar-refractivity contribution is 0.930. The second-order valence-electron chi connectivity index (χ2n) is 2.90. The molecule has 0 aromatic carbocycles. The summed E-state index contributed by atoms with van der Waals surface area (Å²) in [5.41, 5.74) is 1.08. The molecule has 0 aliphatic carbocycles. The maximum Gasteiger partial charge on any atom is 0.204 e. The fourth-order valence-electron chi connectivity index (χ4n) is 0.986. The summed E-state index contributed by atoms with van der Waals surface area (Å²) in [4.78, 5) is 3.88. The van der Waals surface area contributed by atoms with E-state index in [0.29, 0.717) is 5.96 Å². The van der Waals surface area contributed by atoms with Gasteiger partial charge in [-0.15, -0.1) is 0 Å². The Bertz CT molecular complexity index is 412. The minimum Gasteiger partial charge on any atom is -0.355 e. The molecule has 17 heavy (non-hydrogen) atoms. The van der Waals surface area contributed by atoms with Gasteiger partial charge in [-0.3, -0.25) is 10.3 Å². The summed E-state index contributed by atoms with van der Waals surface area (Å²) in [5, 5.41) is 15.9. The number of rotatable bonds is 5. The molecule has 1 rings (SSSR count). The van der Waals surface area contributed by atoms with Crippen molar-refractivity contribution < 1.29 is 0 Å². The first-order chi connectivity index (χ1) is 8.27. The van der Waals surface area contributed by atoms with Crippen LogP contribution in [0.15, 0.2) is 14.8 Å². The number of halogens is 1. The molecule has 0 saturated carbocycles. The second-order valence-corrected chi connectivity index (χ2v) is 5.49. The predicted molar refractivity (Wildman–Crippen MR) is 76.1 cm³/mol. The molecule has 0 atom stereocenters. The van der Waals surface area contributed by atoms with Gasteiger partial charge in [-0.1, -0.05) is 0 Å². The van der Waals surface area contributed by atoms with E-state index in [0.717, 1.165) is 28.2 Å². The topological polar surface area (TPSA) is 73.1 Å². The number of guanidine groups is 1. The maximum atomic E-state index is 8.43. The number of nitrogens with one attached hydrogen (secondary N) is 2. The Morgan fingerprint density at radius 2 is 2.59 bits per heavy atom. The first kappa shape index (κ1) is 14.3. The molecule has 0 bridgehead atoms. The molecule has 0 unspecified atom stereocenters. The minimum absolute atomic E-state index is 0.503. The quantitative estimate of drug-likeness (QED) is 0.282. The first-order valence-corrected chi connectivity index (χ1v) is 7.58. The molecule has 1 aromatic heterocycles. The van der Waals surface area contributed by atoms with Crippen molar-refractivity contribution >= 4 is 45.2 Å². The summed E-state index contributed by atoms with van der Waals surface area (Å²) in [6.07, 6.45) is 1.82. The van der Waals surface area contributed by atoms with Crippen LogP contribution in [0.1, 0.15) is 5.69 Å². The van der Waals surface area contributed by atoms with Crippen molar-refractivity contribution in [2.45, 2.75) is 5.75 Å².